The van der Waals surface area contributed by atoms with Gasteiger partial charge in [0.2, 0.25) is 11.8 Å². The summed E-state index contributed by atoms with van der Waals surface area (Å²) in [5, 5.41) is 15.2. The molecule has 0 bridgehead atoms. The topological polar surface area (TPSA) is 97.3 Å². The van der Waals surface area contributed by atoms with E-state index in [9.17, 15) is 14.7 Å². The van der Waals surface area contributed by atoms with Gasteiger partial charge in [-0.2, -0.15) is 0 Å². The van der Waals surface area contributed by atoms with Gasteiger partial charge in [0.05, 0.1) is 37.6 Å². The fourth-order valence-electron chi connectivity index (χ4n) is 14.0. The van der Waals surface area contributed by atoms with Crippen molar-refractivity contribution in [3.63, 3.8) is 0 Å². The van der Waals surface area contributed by atoms with Crippen molar-refractivity contribution in [2.24, 2.45) is 56.7 Å². The number of carbonyl (C=O) groups is 2. The zero-order valence-corrected chi connectivity index (χ0v) is 30.0. The van der Waals surface area contributed by atoms with Crippen LogP contribution in [0.2, 0.25) is 0 Å². The van der Waals surface area contributed by atoms with Gasteiger partial charge in [-0.05, 0) is 122 Å². The molecule has 2 aliphatic heterocycles. The summed E-state index contributed by atoms with van der Waals surface area (Å²) in [6, 6.07) is 0. The molecule has 8 heteroatoms. The lowest BCUT2D eigenvalue weighted by atomic mass is 9.41. The highest BCUT2D eigenvalue weighted by molar-refractivity contribution is 5.77. The van der Waals surface area contributed by atoms with E-state index in [1.165, 1.54) is 51.4 Å². The van der Waals surface area contributed by atoms with Gasteiger partial charge in [0, 0.05) is 31.8 Å². The monoisotopic (exact) mass is 654 g/mol. The second kappa shape index (κ2) is 11.1. The Hall–Kier alpha value is -1.22. The Labute approximate surface area is 282 Å². The highest BCUT2D eigenvalue weighted by Crippen LogP contribution is 2.89. The van der Waals surface area contributed by atoms with Crippen LogP contribution in [0.5, 0.6) is 0 Å². The molecule has 8 rings (SSSR count). The predicted molar refractivity (Wildman–Crippen MR) is 178 cm³/mol. The molecule has 2 N–H and O–H groups in total. The van der Waals surface area contributed by atoms with Crippen LogP contribution in [-0.2, 0) is 23.8 Å². The summed E-state index contributed by atoms with van der Waals surface area (Å²) in [5.41, 5.74) is 0.528. The molecule has 0 aromatic heterocycles. The smallest absolute Gasteiger partial charge is 0.223 e. The van der Waals surface area contributed by atoms with Crippen LogP contribution in [0.25, 0.3) is 0 Å². The third-order valence-electron chi connectivity index (χ3n) is 16.6. The Balaban J connectivity index is 0.987. The lowest BCUT2D eigenvalue weighted by Gasteiger charge is -2.64. The van der Waals surface area contributed by atoms with Crippen LogP contribution in [0, 0.1) is 56.7 Å². The van der Waals surface area contributed by atoms with Gasteiger partial charge in [-0.15, -0.1) is 0 Å². The molecular formula is C39H62N2O6. The molecule has 6 saturated carbocycles. The van der Waals surface area contributed by atoms with Gasteiger partial charge in [0.15, 0.2) is 6.29 Å². The van der Waals surface area contributed by atoms with E-state index in [1.54, 1.807) is 7.05 Å². The van der Waals surface area contributed by atoms with E-state index in [0.717, 1.165) is 19.3 Å². The van der Waals surface area contributed by atoms with Gasteiger partial charge in [-0.3, -0.25) is 9.59 Å². The fraction of sp³-hybridized carbons (Fsp3) is 0.949. The molecule has 6 aliphatic carbocycles. The molecule has 0 aromatic carbocycles. The summed E-state index contributed by atoms with van der Waals surface area (Å²) >= 11 is 0. The summed E-state index contributed by atoms with van der Waals surface area (Å²) in [5.74, 6) is 2.87. The molecule has 2 amide bonds. The van der Waals surface area contributed by atoms with E-state index in [-0.39, 0.29) is 52.7 Å². The molecule has 2 saturated heterocycles. The molecule has 264 valence electrons. The molecule has 0 aromatic rings. The van der Waals surface area contributed by atoms with Crippen molar-refractivity contribution >= 4 is 11.8 Å². The van der Waals surface area contributed by atoms with Gasteiger partial charge >= 0.3 is 0 Å². The van der Waals surface area contributed by atoms with Crippen LogP contribution in [0.4, 0.5) is 0 Å². The van der Waals surface area contributed by atoms with Crippen molar-refractivity contribution in [1.29, 1.82) is 0 Å². The highest BCUT2D eigenvalue weighted by Gasteiger charge is 2.84. The molecule has 47 heavy (non-hydrogen) atoms. The average Bonchev–Trinajstić information content (AvgIpc) is 3.96. The van der Waals surface area contributed by atoms with Gasteiger partial charge < -0.3 is 29.5 Å². The second-order valence-electron chi connectivity index (χ2n) is 18.8. The van der Waals surface area contributed by atoms with Gasteiger partial charge in [-0.25, -0.2) is 0 Å². The summed E-state index contributed by atoms with van der Waals surface area (Å²) < 4.78 is 19.8. The van der Waals surface area contributed by atoms with Gasteiger partial charge in [0.1, 0.15) is 0 Å². The number of aliphatic hydroxyl groups excluding tert-OH is 1. The van der Waals surface area contributed by atoms with Crippen molar-refractivity contribution in [2.45, 2.75) is 149 Å². The number of nitrogens with one attached hydrogen (secondary N) is 1. The van der Waals surface area contributed by atoms with Crippen molar-refractivity contribution in [1.82, 2.24) is 10.2 Å². The Morgan fingerprint density at radius 2 is 1.74 bits per heavy atom. The minimum atomic E-state index is -0.471. The Kier molecular flexibility index (Phi) is 7.81. The lowest BCUT2D eigenvalue weighted by molar-refractivity contribution is -0.248. The molecule has 2 heterocycles. The number of aliphatic hydroxyl groups is 1. The lowest BCUT2D eigenvalue weighted by Crippen LogP contribution is -2.60. The zero-order chi connectivity index (χ0) is 33.1. The van der Waals surface area contributed by atoms with E-state index >= 15 is 0 Å². The Morgan fingerprint density at radius 1 is 1.00 bits per heavy atom. The van der Waals surface area contributed by atoms with Crippen LogP contribution in [0.1, 0.15) is 118 Å². The van der Waals surface area contributed by atoms with Crippen LogP contribution < -0.4 is 5.32 Å². The van der Waals surface area contributed by atoms with Crippen molar-refractivity contribution in [3.05, 3.63) is 0 Å². The quantitative estimate of drug-likeness (QED) is 0.366. The largest absolute Gasteiger partial charge is 0.390 e. The van der Waals surface area contributed by atoms with Crippen LogP contribution in [-0.4, -0.2) is 79.3 Å². The number of ether oxygens (including phenoxy) is 3. The standard InChI is InChI=1S/C39H62N2O6/c1-23-19-25(9-12-29(42)40-6)46-33-32(23)36(4)15-16-39-22-38(39)14-13-28(35(2,3)26(38)10-11-27(39)37(36,5)34(33)44)47-31-21-41(17-18-45-31)30(43)20-24-7-8-24/h23-28,31-34,44H,7-22H2,1-6H3,(H,40,42)/t23-,25?,26+,27?,28?,31+,32+,33?,34+,36?,37-,38?,39?/m1/s1. The van der Waals surface area contributed by atoms with Crippen molar-refractivity contribution < 1.29 is 28.9 Å². The molecule has 2 spiro atoms. The van der Waals surface area contributed by atoms with E-state index in [1.807, 2.05) is 4.90 Å². The van der Waals surface area contributed by atoms with Crippen molar-refractivity contribution in [2.75, 3.05) is 26.7 Å². The molecule has 13 atom stereocenters. The predicted octanol–water partition coefficient (Wildman–Crippen LogP) is 5.70. The number of rotatable bonds is 7. The first kappa shape index (κ1) is 33.0. The first-order valence-electron chi connectivity index (χ1n) is 19.4. The number of carbonyl (C=O) groups excluding carboxylic acids is 2. The number of hydrogen-bond donors (Lipinski definition) is 2. The minimum absolute atomic E-state index is 0.0238. The molecule has 8 nitrogen and oxygen atoms in total. The minimum Gasteiger partial charge on any atom is -0.390 e. The first-order chi connectivity index (χ1) is 22.3. The maximum atomic E-state index is 12.9. The number of hydrogen-bond acceptors (Lipinski definition) is 6. The molecule has 8 aliphatic rings. The third-order valence-corrected chi connectivity index (χ3v) is 16.6. The van der Waals surface area contributed by atoms with E-state index in [0.29, 0.717) is 73.0 Å². The van der Waals surface area contributed by atoms with E-state index < -0.39 is 6.10 Å². The molecular weight excluding hydrogens is 592 g/mol. The molecule has 7 unspecified atom stereocenters. The molecule has 0 radical (unpaired) electrons. The summed E-state index contributed by atoms with van der Waals surface area (Å²) in [7, 11) is 1.70. The van der Waals surface area contributed by atoms with Gasteiger partial charge in [0.25, 0.3) is 0 Å². The Bertz CT molecular complexity index is 1270. The summed E-state index contributed by atoms with van der Waals surface area (Å²) in [4.78, 5) is 26.9. The van der Waals surface area contributed by atoms with Crippen LogP contribution in [0.15, 0.2) is 0 Å². The number of morpholine rings is 1. The summed E-state index contributed by atoms with van der Waals surface area (Å²) in [6.45, 7) is 14.1. The average molecular weight is 655 g/mol. The number of fused-ring (bicyclic) bond motifs is 4. The van der Waals surface area contributed by atoms with Gasteiger partial charge in [-0.1, -0.05) is 34.6 Å². The Morgan fingerprint density at radius 3 is 2.49 bits per heavy atom. The zero-order valence-electron chi connectivity index (χ0n) is 30.0. The van der Waals surface area contributed by atoms with Crippen molar-refractivity contribution in [3.8, 4) is 0 Å². The van der Waals surface area contributed by atoms with E-state index in [4.69, 9.17) is 14.2 Å². The molecule has 8 fully saturated rings. The normalized spacial score (nSPS) is 51.1. The highest BCUT2D eigenvalue weighted by atomic mass is 16.7. The number of nitrogens with zero attached hydrogens (tertiary/aromatic N) is 1. The maximum absolute atomic E-state index is 12.9. The first-order valence-corrected chi connectivity index (χ1v) is 19.4. The SMILES string of the molecule is CNC(=O)CCC1C[C@@H](C)[C@H]2C(O1)[C@H](O)[C@@]1(C)C3CC[C@H]4C(C)(C)C(O[C@H]5CN(C(=O)CC6CC6)CCO5)CCC45CC35CCC21C. The maximum Gasteiger partial charge on any atom is 0.223 e. The number of amides is 2. The summed E-state index contributed by atoms with van der Waals surface area (Å²) in [6.07, 6.45) is 12.8. The second-order valence-corrected chi connectivity index (χ2v) is 18.8. The van der Waals surface area contributed by atoms with E-state index in [2.05, 4.69) is 39.9 Å². The van der Waals surface area contributed by atoms with Crippen LogP contribution in [0.3, 0.4) is 0 Å². The third kappa shape index (κ3) is 4.65. The fourth-order valence-corrected chi connectivity index (χ4v) is 14.0. The van der Waals surface area contributed by atoms with Crippen LogP contribution >= 0.6 is 0 Å².